The average Bonchev–Trinajstić information content (AvgIpc) is 2.97. The Morgan fingerprint density at radius 3 is 2.00 bits per heavy atom. The van der Waals surface area contributed by atoms with Crippen LogP contribution in [0.3, 0.4) is 0 Å². The van der Waals surface area contributed by atoms with E-state index < -0.39 is 17.1 Å². The van der Waals surface area contributed by atoms with Crippen LogP contribution in [0.25, 0.3) is 6.08 Å². The molecule has 0 heterocycles. The summed E-state index contributed by atoms with van der Waals surface area (Å²) in [4.78, 5) is 39.6. The predicted octanol–water partition coefficient (Wildman–Crippen LogP) is 8.18. The van der Waals surface area contributed by atoms with Crippen molar-refractivity contribution in [1.29, 1.82) is 0 Å². The second-order valence-corrected chi connectivity index (χ2v) is 11.4. The molecule has 3 amide bonds. The normalized spacial score (nSPS) is 11.9. The van der Waals surface area contributed by atoms with Gasteiger partial charge in [0.05, 0.1) is 16.0 Å². The molecule has 1 atom stereocenters. The van der Waals surface area contributed by atoms with Gasteiger partial charge in [0, 0.05) is 31.8 Å². The number of halogens is 3. The molecule has 0 spiro atoms. The zero-order chi connectivity index (χ0) is 29.4. The number of para-hydroxylation sites is 1. The van der Waals surface area contributed by atoms with Crippen molar-refractivity contribution in [2.45, 2.75) is 17.1 Å². The van der Waals surface area contributed by atoms with Crippen LogP contribution in [0.5, 0.6) is 0 Å². The van der Waals surface area contributed by atoms with Gasteiger partial charge in [0.25, 0.3) is 11.8 Å². The zero-order valence-electron chi connectivity index (χ0n) is 21.7. The summed E-state index contributed by atoms with van der Waals surface area (Å²) in [5.74, 6) is -1.23. The molecule has 0 aliphatic carbocycles. The van der Waals surface area contributed by atoms with Gasteiger partial charge in [-0.15, -0.1) is 11.8 Å². The van der Waals surface area contributed by atoms with Crippen LogP contribution in [0.2, 0.25) is 15.1 Å². The molecular weight excluding hydrogens is 601 g/mol. The van der Waals surface area contributed by atoms with Crippen molar-refractivity contribution < 1.29 is 14.4 Å². The number of hydrogen-bond acceptors (Lipinski definition) is 4. The Hall–Kier alpha value is -3.75. The number of amides is 3. The molecule has 0 aliphatic heterocycles. The summed E-state index contributed by atoms with van der Waals surface area (Å²) in [6.45, 7) is 1.79. The summed E-state index contributed by atoms with van der Waals surface area (Å²) < 4.78 is 0. The lowest BCUT2D eigenvalue weighted by Crippen LogP contribution is -2.30. The van der Waals surface area contributed by atoms with Crippen LogP contribution < -0.4 is 16.0 Å². The van der Waals surface area contributed by atoms with Crippen LogP contribution in [0.4, 0.5) is 11.4 Å². The van der Waals surface area contributed by atoms with E-state index in [-0.39, 0.29) is 11.6 Å². The summed E-state index contributed by atoms with van der Waals surface area (Å²) >= 11 is 20.1. The maximum absolute atomic E-state index is 13.3. The molecule has 4 aromatic rings. The van der Waals surface area contributed by atoms with Gasteiger partial charge >= 0.3 is 0 Å². The summed E-state index contributed by atoms with van der Waals surface area (Å²) in [6, 6.07) is 27.5. The summed E-state index contributed by atoms with van der Waals surface area (Å²) in [6.07, 6.45) is 1.43. The average molecular weight is 625 g/mol. The van der Waals surface area contributed by atoms with Crippen molar-refractivity contribution in [3.05, 3.63) is 129 Å². The van der Waals surface area contributed by atoms with Crippen LogP contribution in [-0.4, -0.2) is 23.0 Å². The van der Waals surface area contributed by atoms with Crippen LogP contribution >= 0.6 is 46.6 Å². The molecule has 0 aliphatic rings. The standard InChI is InChI=1S/C31H24Cl3N3O3S/c1-19(29(38)36-27-13-6-5-10-26(27)34)41-22-16-14-21(15-17-22)35-31(40)28(18-23-24(32)11-7-12-25(23)33)37-30(39)20-8-3-2-4-9-20/h2-19H,1H3,(H,35,40)(H,36,38)(H,37,39)/b28-18-. The molecule has 0 bridgehead atoms. The second kappa shape index (κ2) is 14.2. The molecule has 6 nitrogen and oxygen atoms in total. The lowest BCUT2D eigenvalue weighted by molar-refractivity contribution is -0.115. The highest BCUT2D eigenvalue weighted by atomic mass is 35.5. The van der Waals surface area contributed by atoms with Crippen LogP contribution in [0.1, 0.15) is 22.8 Å². The molecule has 0 aromatic heterocycles. The van der Waals surface area contributed by atoms with E-state index in [4.69, 9.17) is 34.8 Å². The van der Waals surface area contributed by atoms with E-state index >= 15 is 0 Å². The molecule has 4 rings (SSSR count). The van der Waals surface area contributed by atoms with Crippen LogP contribution in [0, 0.1) is 0 Å². The fourth-order valence-corrected chi connectivity index (χ4v) is 5.16. The highest BCUT2D eigenvalue weighted by molar-refractivity contribution is 8.00. The lowest BCUT2D eigenvalue weighted by Gasteiger charge is -2.14. The number of benzene rings is 4. The molecule has 0 radical (unpaired) electrons. The Kier molecular flexibility index (Phi) is 10.5. The third kappa shape index (κ3) is 8.38. The van der Waals surface area contributed by atoms with Crippen molar-refractivity contribution in [2.75, 3.05) is 10.6 Å². The number of rotatable bonds is 9. The van der Waals surface area contributed by atoms with Gasteiger partial charge in [-0.3, -0.25) is 14.4 Å². The first-order chi connectivity index (χ1) is 19.7. The first-order valence-electron chi connectivity index (χ1n) is 12.4. The maximum atomic E-state index is 13.3. The number of thioether (sulfide) groups is 1. The molecule has 4 aromatic carbocycles. The molecule has 0 saturated heterocycles. The molecule has 0 saturated carbocycles. The molecule has 3 N–H and O–H groups in total. The minimum Gasteiger partial charge on any atom is -0.324 e. The van der Waals surface area contributed by atoms with Crippen molar-refractivity contribution >= 4 is 81.7 Å². The maximum Gasteiger partial charge on any atom is 0.272 e. The molecular formula is C31H24Cl3N3O3S. The Labute approximate surface area is 257 Å². The van der Waals surface area contributed by atoms with E-state index in [9.17, 15) is 14.4 Å². The zero-order valence-corrected chi connectivity index (χ0v) is 24.7. The smallest absolute Gasteiger partial charge is 0.272 e. The topological polar surface area (TPSA) is 87.3 Å². The largest absolute Gasteiger partial charge is 0.324 e. The fraction of sp³-hybridized carbons (Fsp3) is 0.0645. The van der Waals surface area contributed by atoms with E-state index in [1.54, 1.807) is 104 Å². The van der Waals surface area contributed by atoms with Gasteiger partial charge in [0.15, 0.2) is 0 Å². The Morgan fingerprint density at radius 1 is 0.732 bits per heavy atom. The van der Waals surface area contributed by atoms with Crippen molar-refractivity contribution in [3.8, 4) is 0 Å². The number of nitrogens with one attached hydrogen (secondary N) is 3. The molecule has 1 unspecified atom stereocenters. The Morgan fingerprint density at radius 2 is 1.34 bits per heavy atom. The fourth-order valence-electron chi connectivity index (χ4n) is 3.61. The van der Waals surface area contributed by atoms with Gasteiger partial charge in [-0.2, -0.15) is 0 Å². The lowest BCUT2D eigenvalue weighted by atomic mass is 10.1. The summed E-state index contributed by atoms with van der Waals surface area (Å²) in [7, 11) is 0. The highest BCUT2D eigenvalue weighted by Crippen LogP contribution is 2.29. The monoisotopic (exact) mass is 623 g/mol. The molecule has 208 valence electrons. The van der Waals surface area contributed by atoms with Gasteiger partial charge in [-0.1, -0.05) is 71.2 Å². The third-order valence-electron chi connectivity index (χ3n) is 5.74. The minimum atomic E-state index is -0.571. The van der Waals surface area contributed by atoms with Crippen LogP contribution in [-0.2, 0) is 9.59 Å². The first-order valence-corrected chi connectivity index (χ1v) is 14.4. The van der Waals surface area contributed by atoms with E-state index in [1.165, 1.54) is 17.8 Å². The van der Waals surface area contributed by atoms with Crippen molar-refractivity contribution in [2.24, 2.45) is 0 Å². The predicted molar refractivity (Wildman–Crippen MR) is 169 cm³/mol. The molecule has 0 fully saturated rings. The highest BCUT2D eigenvalue weighted by Gasteiger charge is 2.18. The Balaban J connectivity index is 1.47. The first kappa shape index (κ1) is 30.2. The SMILES string of the molecule is CC(Sc1ccc(NC(=O)/C(=C/c2c(Cl)cccc2Cl)NC(=O)c2ccccc2)cc1)C(=O)Nc1ccccc1Cl. The summed E-state index contributed by atoms with van der Waals surface area (Å²) in [5.41, 5.74) is 1.76. The number of carbonyl (C=O) groups is 3. The second-order valence-electron chi connectivity index (χ2n) is 8.72. The van der Waals surface area contributed by atoms with E-state index in [0.717, 1.165) is 4.90 Å². The van der Waals surface area contributed by atoms with E-state index in [2.05, 4.69) is 16.0 Å². The number of anilines is 2. The van der Waals surface area contributed by atoms with Gasteiger partial charge in [-0.25, -0.2) is 0 Å². The molecule has 10 heteroatoms. The van der Waals surface area contributed by atoms with E-state index in [1.807, 2.05) is 0 Å². The third-order valence-corrected chi connectivity index (χ3v) is 7.84. The van der Waals surface area contributed by atoms with Gasteiger partial charge in [0.2, 0.25) is 5.91 Å². The van der Waals surface area contributed by atoms with Gasteiger partial charge in [-0.05, 0) is 73.7 Å². The van der Waals surface area contributed by atoms with Gasteiger partial charge in [0.1, 0.15) is 5.70 Å². The molecule has 41 heavy (non-hydrogen) atoms. The van der Waals surface area contributed by atoms with Crippen molar-refractivity contribution in [1.82, 2.24) is 5.32 Å². The quantitative estimate of drug-likeness (QED) is 0.129. The van der Waals surface area contributed by atoms with E-state index in [0.29, 0.717) is 37.6 Å². The van der Waals surface area contributed by atoms with Gasteiger partial charge < -0.3 is 16.0 Å². The number of carbonyl (C=O) groups excluding carboxylic acids is 3. The minimum absolute atomic E-state index is 0.0443. The van der Waals surface area contributed by atoms with Crippen molar-refractivity contribution in [3.63, 3.8) is 0 Å². The summed E-state index contributed by atoms with van der Waals surface area (Å²) in [5, 5.41) is 8.98. The Bertz CT molecular complexity index is 1580. The number of hydrogen-bond donors (Lipinski definition) is 3. The van der Waals surface area contributed by atoms with Crippen LogP contribution in [0.15, 0.2) is 108 Å².